The third-order valence-electron chi connectivity index (χ3n) is 0. The van der Waals surface area contributed by atoms with E-state index in [0.29, 0.717) is 0 Å². The van der Waals surface area contributed by atoms with Crippen molar-refractivity contribution in [1.29, 1.82) is 0 Å². The number of halogens is 10. The van der Waals surface area contributed by atoms with E-state index >= 15 is 0 Å². The summed E-state index contributed by atoms with van der Waals surface area (Å²) in [6.45, 7) is 0. The van der Waals surface area contributed by atoms with E-state index in [1.54, 1.807) is 0 Å². The predicted octanol–water partition coefficient (Wildman–Crippen LogP) is 0.327. The number of hydrogen-bond donors (Lipinski definition) is 0. The molecule has 0 fully saturated rings. The molecule has 0 saturated heterocycles. The maximum absolute atomic E-state index is 0. The van der Waals surface area contributed by atoms with Crippen LogP contribution in [0.2, 0.25) is 0 Å². The van der Waals surface area contributed by atoms with E-state index in [4.69, 9.17) is 0 Å². The van der Waals surface area contributed by atoms with Crippen molar-refractivity contribution in [2.24, 2.45) is 0 Å². The van der Waals surface area contributed by atoms with Crippen LogP contribution in [0.5, 0.6) is 0 Å². The molecular formula is H16Cl10Na6. The van der Waals surface area contributed by atoms with Gasteiger partial charge in [0.05, 0.1) is 0 Å². The van der Waals surface area contributed by atoms with Gasteiger partial charge in [-0.3, -0.25) is 0 Å². The summed E-state index contributed by atoms with van der Waals surface area (Å²) in [5, 5.41) is 0. The minimum absolute atomic E-state index is 0. The van der Waals surface area contributed by atoms with Crippen LogP contribution in [0.1, 0.15) is 0 Å². The molecule has 0 unspecified atom stereocenters. The van der Waals surface area contributed by atoms with Gasteiger partial charge in [-0.05, 0) is 0 Å². The summed E-state index contributed by atoms with van der Waals surface area (Å²) in [5.74, 6) is 0. The van der Waals surface area contributed by atoms with Gasteiger partial charge in [-0.2, -0.15) is 0 Å². The van der Waals surface area contributed by atoms with Crippen LogP contribution in [0.15, 0.2) is 0 Å². The Balaban J connectivity index is 0. The Morgan fingerprint density at radius 3 is 0.125 bits per heavy atom. The molecule has 0 bridgehead atoms. The van der Waals surface area contributed by atoms with Gasteiger partial charge in [0.1, 0.15) is 0 Å². The molecule has 0 nitrogen and oxygen atoms in total. The first-order valence-corrected chi connectivity index (χ1v) is 0. The molecule has 92 valence electrons. The Kier molecular flexibility index (Phi) is 1780. The van der Waals surface area contributed by atoms with Crippen LogP contribution in [-0.2, 0) is 0 Å². The molecule has 16 heavy (non-hydrogen) atoms. The van der Waals surface area contributed by atoms with Crippen molar-refractivity contribution in [3.63, 3.8) is 0 Å². The first-order valence-electron chi connectivity index (χ1n) is 0. The molecule has 0 aromatic heterocycles. The standard InChI is InChI=1S/10ClH.6Na.6H/h10*1H;;;;;;;;;;;;. The summed E-state index contributed by atoms with van der Waals surface area (Å²) >= 11 is 0. The van der Waals surface area contributed by atoms with Gasteiger partial charge in [-0.1, -0.05) is 0 Å². The van der Waals surface area contributed by atoms with Crippen molar-refractivity contribution in [2.75, 3.05) is 0 Å². The zero-order chi connectivity index (χ0) is 0. The summed E-state index contributed by atoms with van der Waals surface area (Å²) in [5.41, 5.74) is 0. The Labute approximate surface area is 293 Å². The first kappa shape index (κ1) is 180. The van der Waals surface area contributed by atoms with Gasteiger partial charge < -0.3 is 0 Å². The number of hydrogen-bond acceptors (Lipinski definition) is 0. The quantitative estimate of drug-likeness (QED) is 0.414. The average Bonchev–Trinajstić information content (AvgIpc) is 0. The monoisotopic (exact) mass is 504 g/mol. The molecule has 0 atom stereocenters. The molecule has 16 heteroatoms. The molecule has 0 aliphatic carbocycles. The molecular weight excluding hydrogens is 492 g/mol. The summed E-state index contributed by atoms with van der Waals surface area (Å²) in [6, 6.07) is 0. The van der Waals surface area contributed by atoms with Gasteiger partial charge in [-0.25, -0.2) is 0 Å². The van der Waals surface area contributed by atoms with E-state index in [1.165, 1.54) is 0 Å². The van der Waals surface area contributed by atoms with Crippen molar-refractivity contribution in [2.45, 2.75) is 0 Å². The van der Waals surface area contributed by atoms with Crippen molar-refractivity contribution in [3.8, 4) is 0 Å². The van der Waals surface area contributed by atoms with Crippen LogP contribution in [0, 0.1) is 0 Å². The molecule has 0 aromatic carbocycles. The Bertz CT molecular complexity index is 15.3. The van der Waals surface area contributed by atoms with Crippen LogP contribution in [0.25, 0.3) is 0 Å². The van der Waals surface area contributed by atoms with Crippen LogP contribution in [0.3, 0.4) is 0 Å². The Morgan fingerprint density at radius 1 is 0.125 bits per heavy atom. The minimum atomic E-state index is 0. The van der Waals surface area contributed by atoms with Gasteiger partial charge in [-0.15, -0.1) is 124 Å². The fourth-order valence-electron chi connectivity index (χ4n) is 0. The molecule has 0 amide bonds. The van der Waals surface area contributed by atoms with E-state index in [1.807, 2.05) is 0 Å². The molecule has 0 saturated carbocycles. The zero-order valence-corrected chi connectivity index (χ0v) is 12.2. The molecule has 0 heterocycles. The van der Waals surface area contributed by atoms with Crippen molar-refractivity contribution in [3.05, 3.63) is 0 Å². The third-order valence-corrected chi connectivity index (χ3v) is 0. The molecule has 0 aliphatic heterocycles. The fraction of sp³-hybridized carbons (Fsp3) is 0. The summed E-state index contributed by atoms with van der Waals surface area (Å²) < 4.78 is 0. The second kappa shape index (κ2) is 158. The molecule has 0 spiro atoms. The van der Waals surface area contributed by atoms with Crippen LogP contribution < -0.4 is 0 Å². The average molecular weight is 509 g/mol. The Hall–Kier alpha value is 8.90. The molecule has 0 N–H and O–H groups in total. The fourth-order valence-corrected chi connectivity index (χ4v) is 0. The second-order valence-corrected chi connectivity index (χ2v) is 0. The first-order chi connectivity index (χ1) is 0. The third kappa shape index (κ3) is 139. The van der Waals surface area contributed by atoms with Crippen LogP contribution in [0.4, 0.5) is 0 Å². The predicted molar refractivity (Wildman–Crippen MR) is 115 cm³/mol. The van der Waals surface area contributed by atoms with Crippen LogP contribution in [-0.4, -0.2) is 177 Å². The van der Waals surface area contributed by atoms with Crippen molar-refractivity contribution < 1.29 is 0 Å². The number of rotatable bonds is 0. The zero-order valence-electron chi connectivity index (χ0n) is 4.08. The molecule has 0 rings (SSSR count). The summed E-state index contributed by atoms with van der Waals surface area (Å²) in [6.07, 6.45) is 0. The second-order valence-electron chi connectivity index (χ2n) is 0. The molecule has 0 radical (unpaired) electrons. The van der Waals surface area contributed by atoms with E-state index in [9.17, 15) is 0 Å². The van der Waals surface area contributed by atoms with E-state index in [0.717, 1.165) is 0 Å². The van der Waals surface area contributed by atoms with Gasteiger partial charge >= 0.3 is 177 Å². The molecule has 0 aliphatic rings. The van der Waals surface area contributed by atoms with Gasteiger partial charge in [0, 0.05) is 0 Å². The van der Waals surface area contributed by atoms with E-state index < -0.39 is 0 Å². The normalized spacial score (nSPS) is 0. The van der Waals surface area contributed by atoms with Crippen LogP contribution >= 0.6 is 124 Å². The van der Waals surface area contributed by atoms with E-state index in [2.05, 4.69) is 0 Å². The summed E-state index contributed by atoms with van der Waals surface area (Å²) in [7, 11) is 0. The van der Waals surface area contributed by atoms with Crippen molar-refractivity contribution >= 4 is 301 Å². The topological polar surface area (TPSA) is 0 Å². The van der Waals surface area contributed by atoms with Crippen molar-refractivity contribution in [1.82, 2.24) is 0 Å². The van der Waals surface area contributed by atoms with Gasteiger partial charge in [0.2, 0.25) is 0 Å². The van der Waals surface area contributed by atoms with Gasteiger partial charge in [0.15, 0.2) is 0 Å². The maximum atomic E-state index is 0. The SMILES string of the molecule is Cl.Cl.Cl.Cl.Cl.Cl.Cl.Cl.Cl.Cl.[NaH].[NaH].[NaH].[NaH].[NaH].[NaH]. The van der Waals surface area contributed by atoms with E-state index in [-0.39, 0.29) is 301 Å². The van der Waals surface area contributed by atoms with Gasteiger partial charge in [0.25, 0.3) is 0 Å². The Morgan fingerprint density at radius 2 is 0.125 bits per heavy atom. The summed E-state index contributed by atoms with van der Waals surface area (Å²) in [4.78, 5) is 0. The molecule has 0 aromatic rings.